The van der Waals surface area contributed by atoms with Gasteiger partial charge in [-0.2, -0.15) is 0 Å². The molecule has 8 heteroatoms. The van der Waals surface area contributed by atoms with E-state index < -0.39 is 0 Å². The van der Waals surface area contributed by atoms with Crippen molar-refractivity contribution in [1.29, 1.82) is 0 Å². The van der Waals surface area contributed by atoms with Gasteiger partial charge in [0.05, 0.1) is 5.56 Å². The van der Waals surface area contributed by atoms with E-state index in [1.54, 1.807) is 31.6 Å². The molecule has 7 nitrogen and oxygen atoms in total. The Balaban J connectivity index is 0.00000420. The van der Waals surface area contributed by atoms with Gasteiger partial charge >= 0.3 is 0 Å². The van der Waals surface area contributed by atoms with Crippen LogP contribution in [0.2, 0.25) is 0 Å². The summed E-state index contributed by atoms with van der Waals surface area (Å²) in [6.07, 6.45) is 3.18. The summed E-state index contributed by atoms with van der Waals surface area (Å²) >= 11 is 0. The fourth-order valence-electron chi connectivity index (χ4n) is 2.43. The second kappa shape index (κ2) is 12.3. The standard InChI is InChI=1S/C21H29N5O2.HI/c1-21(2,3)28-18-10-6-5-8-16(18)15-26-20(22-4)25-13-12-24-19(27)17-9-7-11-23-14-17;/h5-11,14H,12-13,15H2,1-4H3,(H,24,27)(H2,22,25,26);1H. The van der Waals surface area contributed by atoms with Gasteiger partial charge in [-0.25, -0.2) is 0 Å². The van der Waals surface area contributed by atoms with E-state index in [1.165, 1.54) is 0 Å². The van der Waals surface area contributed by atoms with Crippen molar-refractivity contribution in [3.05, 3.63) is 59.9 Å². The quantitative estimate of drug-likeness (QED) is 0.230. The largest absolute Gasteiger partial charge is 0.488 e. The summed E-state index contributed by atoms with van der Waals surface area (Å²) < 4.78 is 6.01. The molecule has 0 unspecified atom stereocenters. The predicted octanol–water partition coefficient (Wildman–Crippen LogP) is 2.97. The number of amides is 1. The van der Waals surface area contributed by atoms with Crippen LogP contribution >= 0.6 is 24.0 Å². The summed E-state index contributed by atoms with van der Waals surface area (Å²) in [4.78, 5) is 20.1. The van der Waals surface area contributed by atoms with Crippen LogP contribution in [0.15, 0.2) is 53.8 Å². The van der Waals surface area contributed by atoms with Crippen molar-refractivity contribution in [2.45, 2.75) is 32.9 Å². The lowest BCUT2D eigenvalue weighted by atomic mass is 10.1. The average molecular weight is 511 g/mol. The Bertz CT molecular complexity index is 791. The molecule has 3 N–H and O–H groups in total. The summed E-state index contributed by atoms with van der Waals surface area (Å²) in [6.45, 7) is 7.67. The summed E-state index contributed by atoms with van der Waals surface area (Å²) in [5.74, 6) is 1.36. The van der Waals surface area contributed by atoms with Crippen LogP contribution in [0.3, 0.4) is 0 Å². The third-order valence-corrected chi connectivity index (χ3v) is 3.69. The van der Waals surface area contributed by atoms with Crippen molar-refractivity contribution in [3.63, 3.8) is 0 Å². The normalized spacial score (nSPS) is 11.2. The molecule has 0 bridgehead atoms. The number of ether oxygens (including phenoxy) is 1. The number of nitrogens with zero attached hydrogens (tertiary/aromatic N) is 2. The molecular formula is C21H30IN5O2. The van der Waals surface area contributed by atoms with Crippen LogP contribution in [0.1, 0.15) is 36.7 Å². The fourth-order valence-corrected chi connectivity index (χ4v) is 2.43. The SMILES string of the molecule is CN=C(NCCNC(=O)c1cccnc1)NCc1ccccc1OC(C)(C)C.I. The Hall–Kier alpha value is -2.36. The van der Waals surface area contributed by atoms with Crippen LogP contribution in [0.5, 0.6) is 5.75 Å². The minimum atomic E-state index is -0.261. The van der Waals surface area contributed by atoms with Crippen LogP contribution in [0.25, 0.3) is 0 Å². The molecule has 2 rings (SSSR count). The highest BCUT2D eigenvalue weighted by atomic mass is 127. The van der Waals surface area contributed by atoms with E-state index in [0.717, 1.165) is 11.3 Å². The Kier molecular flexibility index (Phi) is 10.4. The van der Waals surface area contributed by atoms with Gasteiger partial charge in [0.25, 0.3) is 5.91 Å². The molecule has 0 aliphatic heterocycles. The monoisotopic (exact) mass is 511 g/mol. The van der Waals surface area contributed by atoms with E-state index in [2.05, 4.69) is 25.9 Å². The van der Waals surface area contributed by atoms with Crippen LogP contribution in [-0.2, 0) is 6.54 Å². The lowest BCUT2D eigenvalue weighted by Gasteiger charge is -2.23. The zero-order chi connectivity index (χ0) is 20.4. The molecule has 0 atom stereocenters. The number of hydrogen-bond acceptors (Lipinski definition) is 4. The van der Waals surface area contributed by atoms with E-state index in [4.69, 9.17) is 4.74 Å². The number of guanidine groups is 1. The minimum Gasteiger partial charge on any atom is -0.488 e. The molecule has 0 aliphatic rings. The lowest BCUT2D eigenvalue weighted by Crippen LogP contribution is -2.41. The Morgan fingerprint density at radius 1 is 1.07 bits per heavy atom. The highest BCUT2D eigenvalue weighted by Gasteiger charge is 2.14. The second-order valence-corrected chi connectivity index (χ2v) is 7.17. The zero-order valence-electron chi connectivity index (χ0n) is 17.4. The highest BCUT2D eigenvalue weighted by Crippen LogP contribution is 2.22. The Labute approximate surface area is 189 Å². The molecule has 1 aromatic heterocycles. The predicted molar refractivity (Wildman–Crippen MR) is 127 cm³/mol. The summed E-state index contributed by atoms with van der Waals surface area (Å²) in [5, 5.41) is 9.29. The number of hydrogen-bond donors (Lipinski definition) is 3. The first-order chi connectivity index (χ1) is 13.4. The number of aromatic nitrogens is 1. The molecule has 0 aliphatic carbocycles. The third kappa shape index (κ3) is 9.12. The summed E-state index contributed by atoms with van der Waals surface area (Å²) in [5.41, 5.74) is 1.33. The van der Waals surface area contributed by atoms with Crippen LogP contribution < -0.4 is 20.7 Å². The molecule has 0 fully saturated rings. The molecule has 29 heavy (non-hydrogen) atoms. The fraction of sp³-hybridized carbons (Fsp3) is 0.381. The molecular weight excluding hydrogens is 481 g/mol. The van der Waals surface area contributed by atoms with Gasteiger partial charge in [-0.3, -0.25) is 14.8 Å². The van der Waals surface area contributed by atoms with E-state index in [1.807, 2.05) is 45.0 Å². The van der Waals surface area contributed by atoms with E-state index >= 15 is 0 Å². The molecule has 0 saturated heterocycles. The maximum atomic E-state index is 12.0. The average Bonchev–Trinajstić information content (AvgIpc) is 2.68. The number of halogens is 1. The maximum Gasteiger partial charge on any atom is 0.252 e. The topological polar surface area (TPSA) is 87.6 Å². The first-order valence-corrected chi connectivity index (χ1v) is 9.29. The smallest absolute Gasteiger partial charge is 0.252 e. The molecule has 0 saturated carbocycles. The zero-order valence-corrected chi connectivity index (χ0v) is 19.7. The number of nitrogens with one attached hydrogen (secondary N) is 3. The van der Waals surface area contributed by atoms with Gasteiger partial charge in [0.2, 0.25) is 0 Å². The van der Waals surface area contributed by atoms with Gasteiger partial charge < -0.3 is 20.7 Å². The van der Waals surface area contributed by atoms with Crippen molar-refractivity contribution in [1.82, 2.24) is 20.9 Å². The molecule has 1 amide bonds. The number of benzene rings is 1. The Morgan fingerprint density at radius 2 is 1.79 bits per heavy atom. The molecule has 1 aromatic carbocycles. The number of pyridine rings is 1. The third-order valence-electron chi connectivity index (χ3n) is 3.69. The molecule has 0 radical (unpaired) electrons. The van der Waals surface area contributed by atoms with Gasteiger partial charge in [-0.1, -0.05) is 18.2 Å². The van der Waals surface area contributed by atoms with Crippen LogP contribution in [-0.4, -0.2) is 42.6 Å². The van der Waals surface area contributed by atoms with Gasteiger partial charge in [0.1, 0.15) is 11.4 Å². The van der Waals surface area contributed by atoms with Crippen molar-refractivity contribution in [2.75, 3.05) is 20.1 Å². The van der Waals surface area contributed by atoms with Crippen molar-refractivity contribution >= 4 is 35.8 Å². The number of aliphatic imine (C=N–C) groups is 1. The van der Waals surface area contributed by atoms with E-state index in [-0.39, 0.29) is 35.5 Å². The molecule has 158 valence electrons. The van der Waals surface area contributed by atoms with Gasteiger partial charge in [-0.05, 0) is 39.0 Å². The van der Waals surface area contributed by atoms with Gasteiger partial charge in [-0.15, -0.1) is 24.0 Å². The molecule has 2 aromatic rings. The molecule has 0 spiro atoms. The van der Waals surface area contributed by atoms with E-state index in [0.29, 0.717) is 31.2 Å². The van der Waals surface area contributed by atoms with Gasteiger partial charge in [0, 0.05) is 44.6 Å². The first kappa shape index (κ1) is 24.7. The summed E-state index contributed by atoms with van der Waals surface area (Å²) in [6, 6.07) is 11.4. The van der Waals surface area contributed by atoms with Gasteiger partial charge in [0.15, 0.2) is 5.96 Å². The highest BCUT2D eigenvalue weighted by molar-refractivity contribution is 14.0. The number of carbonyl (C=O) groups is 1. The molecule has 1 heterocycles. The number of para-hydroxylation sites is 1. The lowest BCUT2D eigenvalue weighted by molar-refractivity contribution is 0.0954. The first-order valence-electron chi connectivity index (χ1n) is 9.29. The van der Waals surface area contributed by atoms with Crippen molar-refractivity contribution in [2.24, 2.45) is 4.99 Å². The minimum absolute atomic E-state index is 0. The van der Waals surface area contributed by atoms with E-state index in [9.17, 15) is 4.79 Å². The second-order valence-electron chi connectivity index (χ2n) is 7.17. The van der Waals surface area contributed by atoms with Crippen LogP contribution in [0.4, 0.5) is 0 Å². The number of carbonyl (C=O) groups excluding carboxylic acids is 1. The van der Waals surface area contributed by atoms with Crippen molar-refractivity contribution < 1.29 is 9.53 Å². The maximum absolute atomic E-state index is 12.0. The Morgan fingerprint density at radius 3 is 2.45 bits per heavy atom. The van der Waals surface area contributed by atoms with Crippen LogP contribution in [0, 0.1) is 0 Å². The number of rotatable bonds is 7. The summed E-state index contributed by atoms with van der Waals surface area (Å²) in [7, 11) is 1.71. The van der Waals surface area contributed by atoms with Crippen molar-refractivity contribution in [3.8, 4) is 5.75 Å².